The van der Waals surface area contributed by atoms with Gasteiger partial charge in [-0.3, -0.25) is 4.57 Å². The normalized spacial score (nSPS) is 12.7. The van der Waals surface area contributed by atoms with Crippen LogP contribution in [0.5, 0.6) is 0 Å². The first kappa shape index (κ1) is 14.3. The Morgan fingerprint density at radius 1 is 1.24 bits per heavy atom. The van der Waals surface area contributed by atoms with Crippen molar-refractivity contribution in [1.29, 1.82) is 0 Å². The van der Waals surface area contributed by atoms with Gasteiger partial charge in [-0.1, -0.05) is 41.1 Å². The summed E-state index contributed by atoms with van der Waals surface area (Å²) in [6.45, 7) is 5.26. The summed E-state index contributed by atoms with van der Waals surface area (Å²) in [7, 11) is 0. The second-order valence-electron chi connectivity index (χ2n) is 5.09. The standard InChI is InChI=1S/C17H18BrN3/c1-3-19-12(2)14-9-8-13(10-15(14)18)21-11-20-16-6-4-5-7-17(16)21/h4-12,19H,3H2,1-2H3. The van der Waals surface area contributed by atoms with Gasteiger partial charge in [-0.25, -0.2) is 4.98 Å². The zero-order valence-corrected chi connectivity index (χ0v) is 13.8. The molecule has 1 unspecified atom stereocenters. The van der Waals surface area contributed by atoms with Crippen LogP contribution in [-0.2, 0) is 0 Å². The van der Waals surface area contributed by atoms with Crippen LogP contribution < -0.4 is 5.32 Å². The third-order valence-electron chi connectivity index (χ3n) is 3.69. The minimum Gasteiger partial charge on any atom is -0.310 e. The maximum Gasteiger partial charge on any atom is 0.100 e. The molecule has 1 N–H and O–H groups in total. The fourth-order valence-corrected chi connectivity index (χ4v) is 3.31. The highest BCUT2D eigenvalue weighted by molar-refractivity contribution is 9.10. The Bertz CT molecular complexity index is 764. The highest BCUT2D eigenvalue weighted by Crippen LogP contribution is 2.27. The summed E-state index contributed by atoms with van der Waals surface area (Å²) in [6, 6.07) is 15.0. The van der Waals surface area contributed by atoms with E-state index in [-0.39, 0.29) is 0 Å². The van der Waals surface area contributed by atoms with Crippen molar-refractivity contribution in [1.82, 2.24) is 14.9 Å². The van der Waals surface area contributed by atoms with Gasteiger partial charge in [0.05, 0.1) is 11.0 Å². The number of imidazole rings is 1. The Balaban J connectivity index is 2.02. The topological polar surface area (TPSA) is 29.9 Å². The van der Waals surface area contributed by atoms with E-state index in [0.717, 1.165) is 27.7 Å². The number of fused-ring (bicyclic) bond motifs is 1. The molecule has 0 bridgehead atoms. The zero-order chi connectivity index (χ0) is 14.8. The Labute approximate surface area is 133 Å². The molecule has 0 amide bonds. The van der Waals surface area contributed by atoms with Crippen LogP contribution in [0.1, 0.15) is 25.5 Å². The second-order valence-corrected chi connectivity index (χ2v) is 5.94. The molecule has 0 spiro atoms. The van der Waals surface area contributed by atoms with E-state index in [2.05, 4.69) is 68.9 Å². The van der Waals surface area contributed by atoms with Crippen LogP contribution in [0.25, 0.3) is 16.7 Å². The number of hydrogen-bond donors (Lipinski definition) is 1. The van der Waals surface area contributed by atoms with Gasteiger partial charge >= 0.3 is 0 Å². The van der Waals surface area contributed by atoms with Gasteiger partial charge in [0.2, 0.25) is 0 Å². The molecule has 1 aromatic heterocycles. The molecule has 21 heavy (non-hydrogen) atoms. The summed E-state index contributed by atoms with van der Waals surface area (Å²) in [5.74, 6) is 0. The summed E-state index contributed by atoms with van der Waals surface area (Å²) in [5.41, 5.74) is 4.52. The number of para-hydroxylation sites is 2. The van der Waals surface area contributed by atoms with Crippen molar-refractivity contribution < 1.29 is 0 Å². The summed E-state index contributed by atoms with van der Waals surface area (Å²) in [4.78, 5) is 4.45. The molecule has 2 aromatic carbocycles. The van der Waals surface area contributed by atoms with Gasteiger partial charge in [-0.2, -0.15) is 0 Å². The summed E-state index contributed by atoms with van der Waals surface area (Å²) in [6.07, 6.45) is 1.87. The molecule has 0 aliphatic rings. The molecular weight excluding hydrogens is 326 g/mol. The van der Waals surface area contributed by atoms with Crippen LogP contribution in [-0.4, -0.2) is 16.1 Å². The molecule has 0 aliphatic carbocycles. The lowest BCUT2D eigenvalue weighted by Gasteiger charge is -2.16. The number of nitrogens with one attached hydrogen (secondary N) is 1. The fourth-order valence-electron chi connectivity index (χ4n) is 2.60. The molecule has 108 valence electrons. The molecule has 1 atom stereocenters. The molecule has 0 radical (unpaired) electrons. The van der Waals surface area contributed by atoms with Gasteiger partial charge < -0.3 is 5.32 Å². The van der Waals surface area contributed by atoms with Crippen LogP contribution in [0.15, 0.2) is 53.3 Å². The Morgan fingerprint density at radius 2 is 2.05 bits per heavy atom. The Morgan fingerprint density at radius 3 is 2.81 bits per heavy atom. The largest absolute Gasteiger partial charge is 0.310 e. The van der Waals surface area contributed by atoms with Crippen molar-refractivity contribution in [2.45, 2.75) is 19.9 Å². The molecule has 3 nitrogen and oxygen atoms in total. The van der Waals surface area contributed by atoms with E-state index in [4.69, 9.17) is 0 Å². The average molecular weight is 344 g/mol. The summed E-state index contributed by atoms with van der Waals surface area (Å²) < 4.78 is 3.23. The van der Waals surface area contributed by atoms with Crippen molar-refractivity contribution in [3.05, 3.63) is 58.8 Å². The molecule has 0 saturated carbocycles. The first-order valence-electron chi connectivity index (χ1n) is 7.16. The SMILES string of the molecule is CCNC(C)c1ccc(-n2cnc3ccccc32)cc1Br. The van der Waals surface area contributed by atoms with Crippen molar-refractivity contribution in [2.24, 2.45) is 0 Å². The lowest BCUT2D eigenvalue weighted by molar-refractivity contribution is 0.596. The summed E-state index contributed by atoms with van der Waals surface area (Å²) in [5, 5.41) is 3.44. The van der Waals surface area contributed by atoms with Gasteiger partial charge in [-0.05, 0) is 43.3 Å². The van der Waals surface area contributed by atoms with Crippen molar-refractivity contribution >= 4 is 27.0 Å². The van der Waals surface area contributed by atoms with E-state index in [1.807, 2.05) is 24.5 Å². The van der Waals surface area contributed by atoms with Gasteiger partial charge in [0.1, 0.15) is 6.33 Å². The van der Waals surface area contributed by atoms with E-state index < -0.39 is 0 Å². The van der Waals surface area contributed by atoms with Gasteiger partial charge in [-0.15, -0.1) is 0 Å². The van der Waals surface area contributed by atoms with Crippen LogP contribution in [0.3, 0.4) is 0 Å². The van der Waals surface area contributed by atoms with Crippen LogP contribution in [0, 0.1) is 0 Å². The first-order valence-corrected chi connectivity index (χ1v) is 7.95. The Hall–Kier alpha value is -1.65. The van der Waals surface area contributed by atoms with Crippen LogP contribution in [0.2, 0.25) is 0 Å². The number of nitrogens with zero attached hydrogens (tertiary/aromatic N) is 2. The highest BCUT2D eigenvalue weighted by Gasteiger charge is 2.10. The number of benzene rings is 2. The molecule has 0 aliphatic heterocycles. The van der Waals surface area contributed by atoms with Crippen molar-refractivity contribution in [2.75, 3.05) is 6.54 Å². The molecule has 3 rings (SSSR count). The second kappa shape index (κ2) is 6.00. The van der Waals surface area contributed by atoms with E-state index in [0.29, 0.717) is 6.04 Å². The van der Waals surface area contributed by atoms with E-state index in [9.17, 15) is 0 Å². The quantitative estimate of drug-likeness (QED) is 0.757. The average Bonchev–Trinajstić information content (AvgIpc) is 2.91. The molecule has 0 fully saturated rings. The predicted molar refractivity (Wildman–Crippen MR) is 90.9 cm³/mol. The number of rotatable bonds is 4. The monoisotopic (exact) mass is 343 g/mol. The molecular formula is C17H18BrN3. The van der Waals surface area contributed by atoms with Gasteiger partial charge in [0.25, 0.3) is 0 Å². The minimum absolute atomic E-state index is 0.331. The van der Waals surface area contributed by atoms with E-state index >= 15 is 0 Å². The third kappa shape index (κ3) is 2.74. The molecule has 3 aromatic rings. The van der Waals surface area contributed by atoms with E-state index in [1.165, 1.54) is 5.56 Å². The van der Waals surface area contributed by atoms with Crippen LogP contribution >= 0.6 is 15.9 Å². The Kier molecular flexibility index (Phi) is 4.08. The van der Waals surface area contributed by atoms with Crippen LogP contribution in [0.4, 0.5) is 0 Å². The maximum absolute atomic E-state index is 4.45. The summed E-state index contributed by atoms with van der Waals surface area (Å²) >= 11 is 3.69. The number of aromatic nitrogens is 2. The van der Waals surface area contributed by atoms with Gasteiger partial charge in [0, 0.05) is 16.2 Å². The third-order valence-corrected chi connectivity index (χ3v) is 4.38. The molecule has 4 heteroatoms. The lowest BCUT2D eigenvalue weighted by atomic mass is 10.1. The number of hydrogen-bond acceptors (Lipinski definition) is 2. The lowest BCUT2D eigenvalue weighted by Crippen LogP contribution is -2.18. The van der Waals surface area contributed by atoms with Crippen molar-refractivity contribution in [3.8, 4) is 5.69 Å². The highest BCUT2D eigenvalue weighted by atomic mass is 79.9. The number of halogens is 1. The van der Waals surface area contributed by atoms with Gasteiger partial charge in [0.15, 0.2) is 0 Å². The smallest absolute Gasteiger partial charge is 0.100 e. The maximum atomic E-state index is 4.45. The first-order chi connectivity index (χ1) is 10.2. The zero-order valence-electron chi connectivity index (χ0n) is 12.2. The van der Waals surface area contributed by atoms with Crippen molar-refractivity contribution in [3.63, 3.8) is 0 Å². The van der Waals surface area contributed by atoms with E-state index in [1.54, 1.807) is 0 Å². The molecule has 0 saturated heterocycles. The molecule has 1 heterocycles. The minimum atomic E-state index is 0.331. The predicted octanol–water partition coefficient (Wildman–Crippen LogP) is 4.46. The fraction of sp³-hybridized carbons (Fsp3) is 0.235.